The Morgan fingerprint density at radius 2 is 1.81 bits per heavy atom. The first-order valence-electron chi connectivity index (χ1n) is 9.85. The van der Waals surface area contributed by atoms with E-state index in [1.165, 1.54) is 5.56 Å². The molecule has 0 aromatic heterocycles. The van der Waals surface area contributed by atoms with Crippen molar-refractivity contribution in [3.05, 3.63) is 35.9 Å². The van der Waals surface area contributed by atoms with Gasteiger partial charge in [0.1, 0.15) is 0 Å². The van der Waals surface area contributed by atoms with Gasteiger partial charge in [-0.05, 0) is 57.6 Å². The molecule has 5 heteroatoms. The van der Waals surface area contributed by atoms with E-state index in [9.17, 15) is 9.59 Å². The molecule has 1 aliphatic carbocycles. The highest BCUT2D eigenvalue weighted by atomic mass is 16.2. The molecule has 0 bridgehead atoms. The maximum absolute atomic E-state index is 12.8. The van der Waals surface area contributed by atoms with E-state index in [1.807, 2.05) is 29.8 Å². The van der Waals surface area contributed by atoms with Crippen LogP contribution in [0.1, 0.15) is 38.2 Å². The van der Waals surface area contributed by atoms with Crippen LogP contribution < -0.4 is 5.32 Å². The van der Waals surface area contributed by atoms with Crippen molar-refractivity contribution in [2.45, 2.75) is 51.1 Å². The predicted molar refractivity (Wildman–Crippen MR) is 103 cm³/mol. The number of amides is 2. The molecule has 1 aromatic rings. The highest BCUT2D eigenvalue weighted by Gasteiger charge is 2.29. The Labute approximate surface area is 156 Å². The SMILES string of the molecule is CC(C(=O)N1CCC(Cc2ccccc2)CC1)N(C)CC(=O)NC1CC1. The third kappa shape index (κ3) is 5.31. The summed E-state index contributed by atoms with van der Waals surface area (Å²) < 4.78 is 0. The molecule has 5 nitrogen and oxygen atoms in total. The molecule has 2 aliphatic rings. The molecule has 1 aliphatic heterocycles. The van der Waals surface area contributed by atoms with Gasteiger partial charge in [0.25, 0.3) is 0 Å². The number of carbonyl (C=O) groups is 2. The Kier molecular flexibility index (Phi) is 6.30. The number of likely N-dealkylation sites (tertiary alicyclic amines) is 1. The lowest BCUT2D eigenvalue weighted by Crippen LogP contribution is -2.50. The van der Waals surface area contributed by atoms with Crippen molar-refractivity contribution >= 4 is 11.8 Å². The molecule has 3 rings (SSSR count). The van der Waals surface area contributed by atoms with Gasteiger partial charge >= 0.3 is 0 Å². The highest BCUT2D eigenvalue weighted by Crippen LogP contribution is 2.22. The number of carbonyl (C=O) groups excluding carboxylic acids is 2. The Morgan fingerprint density at radius 3 is 2.42 bits per heavy atom. The fourth-order valence-electron chi connectivity index (χ4n) is 3.62. The van der Waals surface area contributed by atoms with Crippen LogP contribution in [0.2, 0.25) is 0 Å². The molecule has 26 heavy (non-hydrogen) atoms. The van der Waals surface area contributed by atoms with Gasteiger partial charge in [-0.2, -0.15) is 0 Å². The third-order valence-electron chi connectivity index (χ3n) is 5.65. The lowest BCUT2D eigenvalue weighted by molar-refractivity contribution is -0.138. The number of hydrogen-bond acceptors (Lipinski definition) is 3. The summed E-state index contributed by atoms with van der Waals surface area (Å²) in [5, 5.41) is 2.98. The molecule has 1 saturated heterocycles. The highest BCUT2D eigenvalue weighted by molar-refractivity contribution is 5.83. The topological polar surface area (TPSA) is 52.7 Å². The van der Waals surface area contributed by atoms with Gasteiger partial charge in [-0.3, -0.25) is 14.5 Å². The smallest absolute Gasteiger partial charge is 0.239 e. The predicted octanol–water partition coefficient (Wildman–Crippen LogP) is 2.07. The van der Waals surface area contributed by atoms with Crippen LogP contribution in [-0.4, -0.2) is 60.4 Å². The molecule has 1 aromatic carbocycles. The van der Waals surface area contributed by atoms with Crippen molar-refractivity contribution in [2.24, 2.45) is 5.92 Å². The van der Waals surface area contributed by atoms with Gasteiger partial charge in [0.15, 0.2) is 0 Å². The second-order valence-corrected chi connectivity index (χ2v) is 7.89. The number of hydrogen-bond donors (Lipinski definition) is 1. The summed E-state index contributed by atoms with van der Waals surface area (Å²) in [6, 6.07) is 10.7. The van der Waals surface area contributed by atoms with Crippen molar-refractivity contribution in [1.82, 2.24) is 15.1 Å². The van der Waals surface area contributed by atoms with E-state index in [-0.39, 0.29) is 24.4 Å². The molecule has 1 heterocycles. The largest absolute Gasteiger partial charge is 0.352 e. The minimum absolute atomic E-state index is 0.0243. The van der Waals surface area contributed by atoms with Gasteiger partial charge in [0, 0.05) is 19.1 Å². The fourth-order valence-corrected chi connectivity index (χ4v) is 3.62. The van der Waals surface area contributed by atoms with E-state index in [1.54, 1.807) is 0 Å². The maximum atomic E-state index is 12.8. The zero-order chi connectivity index (χ0) is 18.5. The van der Waals surface area contributed by atoms with E-state index in [0.29, 0.717) is 12.0 Å². The van der Waals surface area contributed by atoms with Gasteiger partial charge in [0.05, 0.1) is 12.6 Å². The lowest BCUT2D eigenvalue weighted by atomic mass is 9.90. The monoisotopic (exact) mass is 357 g/mol. The van der Waals surface area contributed by atoms with Crippen LogP contribution in [0.25, 0.3) is 0 Å². The molecule has 0 radical (unpaired) electrons. The van der Waals surface area contributed by atoms with E-state index < -0.39 is 0 Å². The second-order valence-electron chi connectivity index (χ2n) is 7.89. The molecular weight excluding hydrogens is 326 g/mol. The summed E-state index contributed by atoms with van der Waals surface area (Å²) in [4.78, 5) is 28.6. The number of likely N-dealkylation sites (N-methyl/N-ethyl adjacent to an activating group) is 1. The quantitative estimate of drug-likeness (QED) is 0.813. The second kappa shape index (κ2) is 8.67. The van der Waals surface area contributed by atoms with Crippen molar-refractivity contribution in [3.8, 4) is 0 Å². The number of rotatable bonds is 7. The summed E-state index contributed by atoms with van der Waals surface area (Å²) in [5.41, 5.74) is 1.38. The van der Waals surface area contributed by atoms with Crippen LogP contribution in [0.3, 0.4) is 0 Å². The Hall–Kier alpha value is -1.88. The number of benzene rings is 1. The molecule has 1 saturated carbocycles. The molecule has 0 spiro atoms. The number of nitrogens with one attached hydrogen (secondary N) is 1. The van der Waals surface area contributed by atoms with Crippen LogP contribution >= 0.6 is 0 Å². The van der Waals surface area contributed by atoms with E-state index in [4.69, 9.17) is 0 Å². The third-order valence-corrected chi connectivity index (χ3v) is 5.65. The van der Waals surface area contributed by atoms with Crippen LogP contribution in [0.5, 0.6) is 0 Å². The Morgan fingerprint density at radius 1 is 1.15 bits per heavy atom. The minimum Gasteiger partial charge on any atom is -0.352 e. The lowest BCUT2D eigenvalue weighted by Gasteiger charge is -2.35. The molecule has 1 N–H and O–H groups in total. The summed E-state index contributed by atoms with van der Waals surface area (Å²) in [5.74, 6) is 0.819. The first-order valence-corrected chi connectivity index (χ1v) is 9.85. The average molecular weight is 357 g/mol. The molecule has 2 fully saturated rings. The van der Waals surface area contributed by atoms with Crippen molar-refractivity contribution in [3.63, 3.8) is 0 Å². The molecule has 2 amide bonds. The fraction of sp³-hybridized carbons (Fsp3) is 0.619. The number of nitrogens with zero attached hydrogens (tertiary/aromatic N) is 2. The normalized spacial score (nSPS) is 19.4. The van der Waals surface area contributed by atoms with E-state index in [2.05, 4.69) is 29.6 Å². The molecular formula is C21H31N3O2. The Bertz CT molecular complexity index is 607. The van der Waals surface area contributed by atoms with Crippen LogP contribution in [-0.2, 0) is 16.0 Å². The van der Waals surface area contributed by atoms with Gasteiger partial charge in [-0.1, -0.05) is 30.3 Å². The van der Waals surface area contributed by atoms with Gasteiger partial charge in [-0.25, -0.2) is 0 Å². The van der Waals surface area contributed by atoms with Gasteiger partial charge in [0.2, 0.25) is 11.8 Å². The average Bonchev–Trinajstić information content (AvgIpc) is 3.45. The molecule has 1 atom stereocenters. The van der Waals surface area contributed by atoms with Crippen LogP contribution in [0, 0.1) is 5.92 Å². The minimum atomic E-state index is -0.259. The summed E-state index contributed by atoms with van der Waals surface area (Å²) in [6.45, 7) is 3.84. The van der Waals surface area contributed by atoms with Crippen molar-refractivity contribution < 1.29 is 9.59 Å². The summed E-state index contributed by atoms with van der Waals surface area (Å²) >= 11 is 0. The van der Waals surface area contributed by atoms with Crippen molar-refractivity contribution in [2.75, 3.05) is 26.7 Å². The van der Waals surface area contributed by atoms with Crippen LogP contribution in [0.15, 0.2) is 30.3 Å². The number of piperidine rings is 1. The first kappa shape index (κ1) is 18.9. The van der Waals surface area contributed by atoms with Gasteiger partial charge < -0.3 is 10.2 Å². The van der Waals surface area contributed by atoms with Crippen LogP contribution in [0.4, 0.5) is 0 Å². The molecule has 142 valence electrons. The summed E-state index contributed by atoms with van der Waals surface area (Å²) in [6.07, 6.45) is 5.38. The van der Waals surface area contributed by atoms with Gasteiger partial charge in [-0.15, -0.1) is 0 Å². The Balaban J connectivity index is 1.42. The van der Waals surface area contributed by atoms with E-state index >= 15 is 0 Å². The first-order chi connectivity index (χ1) is 12.5. The standard InChI is InChI=1S/C21H31N3O2/c1-16(23(2)15-20(25)22-19-8-9-19)21(26)24-12-10-18(11-13-24)14-17-6-4-3-5-7-17/h3-7,16,18-19H,8-15H2,1-2H3,(H,22,25). The zero-order valence-corrected chi connectivity index (χ0v) is 16.0. The maximum Gasteiger partial charge on any atom is 0.239 e. The van der Waals surface area contributed by atoms with E-state index in [0.717, 1.165) is 45.2 Å². The zero-order valence-electron chi connectivity index (χ0n) is 16.0. The molecule has 1 unspecified atom stereocenters. The summed E-state index contributed by atoms with van der Waals surface area (Å²) in [7, 11) is 1.86. The van der Waals surface area contributed by atoms with Crippen molar-refractivity contribution in [1.29, 1.82) is 0 Å².